The van der Waals surface area contributed by atoms with Gasteiger partial charge in [-0.3, -0.25) is 0 Å². The van der Waals surface area contributed by atoms with Crippen molar-refractivity contribution >= 4 is 5.97 Å². The zero-order valence-electron chi connectivity index (χ0n) is 10.2. The first-order chi connectivity index (χ1) is 6.94. The van der Waals surface area contributed by atoms with Gasteiger partial charge in [-0.05, 0) is 19.3 Å². The van der Waals surface area contributed by atoms with E-state index < -0.39 is 11.5 Å². The van der Waals surface area contributed by atoms with Gasteiger partial charge in [0.05, 0.1) is 13.7 Å². The molecule has 0 spiro atoms. The first kappa shape index (κ1) is 14.4. The van der Waals surface area contributed by atoms with Gasteiger partial charge < -0.3 is 15.2 Å². The van der Waals surface area contributed by atoms with E-state index in [2.05, 4.69) is 18.6 Å². The number of esters is 1. The lowest BCUT2D eigenvalue weighted by Crippen LogP contribution is -2.50. The molecule has 0 heterocycles. The largest absolute Gasteiger partial charge is 0.468 e. The highest BCUT2D eigenvalue weighted by atomic mass is 16.5. The third-order valence-corrected chi connectivity index (χ3v) is 2.24. The fraction of sp³-hybridized carbons (Fsp3) is 0.909. The molecule has 0 aliphatic heterocycles. The molecule has 0 saturated heterocycles. The topological polar surface area (TPSA) is 61.5 Å². The zero-order chi connectivity index (χ0) is 11.9. The molecule has 0 radical (unpaired) electrons. The summed E-state index contributed by atoms with van der Waals surface area (Å²) in [5.74, 6) is 0.0640. The second-order valence-electron chi connectivity index (χ2n) is 4.32. The molecule has 4 nitrogen and oxygen atoms in total. The fourth-order valence-electron chi connectivity index (χ4n) is 1.34. The molecule has 0 aliphatic rings. The van der Waals surface area contributed by atoms with Gasteiger partial charge in [0.2, 0.25) is 0 Å². The lowest BCUT2D eigenvalue weighted by molar-refractivity contribution is -0.148. The van der Waals surface area contributed by atoms with Crippen LogP contribution in [0.3, 0.4) is 0 Å². The molecular formula is C11H23NO3. The number of hydrogen-bond donors (Lipinski definition) is 1. The maximum atomic E-state index is 11.2. The van der Waals surface area contributed by atoms with E-state index >= 15 is 0 Å². The van der Waals surface area contributed by atoms with E-state index in [4.69, 9.17) is 10.5 Å². The van der Waals surface area contributed by atoms with Crippen molar-refractivity contribution in [3.8, 4) is 0 Å². The summed E-state index contributed by atoms with van der Waals surface area (Å²) in [4.78, 5) is 11.2. The molecule has 0 bridgehead atoms. The molecule has 0 fully saturated rings. The van der Waals surface area contributed by atoms with Crippen molar-refractivity contribution in [3.63, 3.8) is 0 Å². The summed E-state index contributed by atoms with van der Waals surface area (Å²) in [5.41, 5.74) is 4.69. The summed E-state index contributed by atoms with van der Waals surface area (Å²) in [5, 5.41) is 0. The maximum Gasteiger partial charge on any atom is 0.327 e. The van der Waals surface area contributed by atoms with Gasteiger partial charge in [0.15, 0.2) is 0 Å². The molecule has 0 rings (SSSR count). The van der Waals surface area contributed by atoms with Crippen LogP contribution in [0, 0.1) is 5.92 Å². The molecule has 2 atom stereocenters. The standard InChI is InChI=1S/C11H23NO3/c1-5-6-9(2)7-15-8-11(3,12)10(13)14-4/h9H,5-8,12H2,1-4H3. The van der Waals surface area contributed by atoms with Crippen LogP contribution in [0.4, 0.5) is 0 Å². The average Bonchev–Trinajstić information content (AvgIpc) is 2.16. The molecule has 0 aromatic rings. The second kappa shape index (κ2) is 6.80. The van der Waals surface area contributed by atoms with Gasteiger partial charge in [0.25, 0.3) is 0 Å². The lowest BCUT2D eigenvalue weighted by Gasteiger charge is -2.22. The highest BCUT2D eigenvalue weighted by Crippen LogP contribution is 2.08. The van der Waals surface area contributed by atoms with Crippen LogP contribution in [0.5, 0.6) is 0 Å². The Hall–Kier alpha value is -0.610. The predicted octanol–water partition coefficient (Wildman–Crippen LogP) is 1.33. The van der Waals surface area contributed by atoms with Gasteiger partial charge in [0.1, 0.15) is 5.54 Å². The minimum Gasteiger partial charge on any atom is -0.468 e. The van der Waals surface area contributed by atoms with Gasteiger partial charge >= 0.3 is 5.97 Å². The molecule has 4 heteroatoms. The van der Waals surface area contributed by atoms with Gasteiger partial charge in [-0.25, -0.2) is 4.79 Å². The van der Waals surface area contributed by atoms with Gasteiger partial charge in [0, 0.05) is 6.61 Å². The summed E-state index contributed by atoms with van der Waals surface area (Å²) < 4.78 is 9.99. The van der Waals surface area contributed by atoms with E-state index in [1.807, 2.05) is 0 Å². The molecule has 0 aromatic heterocycles. The third-order valence-electron chi connectivity index (χ3n) is 2.24. The Morgan fingerprint density at radius 2 is 2.13 bits per heavy atom. The predicted molar refractivity (Wildman–Crippen MR) is 59.5 cm³/mol. The Balaban J connectivity index is 3.79. The van der Waals surface area contributed by atoms with E-state index in [-0.39, 0.29) is 6.61 Å². The van der Waals surface area contributed by atoms with Crippen LogP contribution in [0.2, 0.25) is 0 Å². The highest BCUT2D eigenvalue weighted by Gasteiger charge is 2.29. The maximum absolute atomic E-state index is 11.2. The Kier molecular flexibility index (Phi) is 6.52. The Labute approximate surface area is 92.1 Å². The summed E-state index contributed by atoms with van der Waals surface area (Å²) >= 11 is 0. The summed E-state index contributed by atoms with van der Waals surface area (Å²) in [6.07, 6.45) is 2.26. The number of carbonyl (C=O) groups excluding carboxylic acids is 1. The van der Waals surface area contributed by atoms with Crippen LogP contribution < -0.4 is 5.73 Å². The van der Waals surface area contributed by atoms with Crippen molar-refractivity contribution in [1.29, 1.82) is 0 Å². The van der Waals surface area contributed by atoms with E-state index in [1.54, 1.807) is 6.92 Å². The van der Waals surface area contributed by atoms with Gasteiger partial charge in [-0.2, -0.15) is 0 Å². The van der Waals surface area contributed by atoms with Crippen LogP contribution in [0.15, 0.2) is 0 Å². The molecule has 0 aliphatic carbocycles. The molecule has 2 unspecified atom stereocenters. The molecule has 0 saturated carbocycles. The number of methoxy groups -OCH3 is 1. The van der Waals surface area contributed by atoms with Crippen LogP contribution in [0.1, 0.15) is 33.6 Å². The number of carbonyl (C=O) groups is 1. The van der Waals surface area contributed by atoms with E-state index in [0.717, 1.165) is 12.8 Å². The van der Waals surface area contributed by atoms with Crippen LogP contribution >= 0.6 is 0 Å². The Morgan fingerprint density at radius 3 is 2.60 bits per heavy atom. The van der Waals surface area contributed by atoms with Crippen LogP contribution in [0.25, 0.3) is 0 Å². The van der Waals surface area contributed by atoms with Crippen molar-refractivity contribution in [3.05, 3.63) is 0 Å². The van der Waals surface area contributed by atoms with Crippen molar-refractivity contribution in [2.45, 2.75) is 39.2 Å². The summed E-state index contributed by atoms with van der Waals surface area (Å²) in [7, 11) is 1.33. The first-order valence-electron chi connectivity index (χ1n) is 5.39. The van der Waals surface area contributed by atoms with E-state index in [1.165, 1.54) is 7.11 Å². The summed E-state index contributed by atoms with van der Waals surface area (Å²) in [6, 6.07) is 0. The van der Waals surface area contributed by atoms with Gasteiger partial charge in [-0.15, -0.1) is 0 Å². The summed E-state index contributed by atoms with van der Waals surface area (Å²) in [6.45, 7) is 6.71. The average molecular weight is 217 g/mol. The third kappa shape index (κ3) is 5.74. The SMILES string of the molecule is CCCC(C)COCC(C)(N)C(=O)OC. The van der Waals surface area contributed by atoms with E-state index in [0.29, 0.717) is 12.5 Å². The molecule has 90 valence electrons. The second-order valence-corrected chi connectivity index (χ2v) is 4.32. The molecule has 2 N–H and O–H groups in total. The smallest absolute Gasteiger partial charge is 0.327 e. The molecule has 0 aromatic carbocycles. The lowest BCUT2D eigenvalue weighted by atomic mass is 10.1. The van der Waals surface area contributed by atoms with Gasteiger partial charge in [-0.1, -0.05) is 20.3 Å². The van der Waals surface area contributed by atoms with Crippen molar-refractivity contribution < 1.29 is 14.3 Å². The van der Waals surface area contributed by atoms with Crippen LogP contribution in [-0.4, -0.2) is 31.8 Å². The number of hydrogen-bond acceptors (Lipinski definition) is 4. The monoisotopic (exact) mass is 217 g/mol. The normalized spacial score (nSPS) is 16.9. The highest BCUT2D eigenvalue weighted by molar-refractivity contribution is 5.80. The van der Waals surface area contributed by atoms with Crippen molar-refractivity contribution in [1.82, 2.24) is 0 Å². The zero-order valence-corrected chi connectivity index (χ0v) is 10.2. The number of rotatable bonds is 7. The Morgan fingerprint density at radius 1 is 1.53 bits per heavy atom. The minimum absolute atomic E-state index is 0.202. The van der Waals surface area contributed by atoms with Crippen molar-refractivity contribution in [2.75, 3.05) is 20.3 Å². The number of nitrogens with two attached hydrogens (primary N) is 1. The fourth-order valence-corrected chi connectivity index (χ4v) is 1.34. The molecule has 15 heavy (non-hydrogen) atoms. The van der Waals surface area contributed by atoms with E-state index in [9.17, 15) is 4.79 Å². The number of ether oxygens (including phenoxy) is 2. The first-order valence-corrected chi connectivity index (χ1v) is 5.39. The molecular weight excluding hydrogens is 194 g/mol. The Bertz CT molecular complexity index is 192. The minimum atomic E-state index is -1.04. The molecule has 0 amide bonds. The quantitative estimate of drug-likeness (QED) is 0.653. The van der Waals surface area contributed by atoms with Crippen LogP contribution in [-0.2, 0) is 14.3 Å². The van der Waals surface area contributed by atoms with Crippen molar-refractivity contribution in [2.24, 2.45) is 11.7 Å².